The molecule has 0 aromatic rings. The van der Waals surface area contributed by atoms with Crippen molar-refractivity contribution < 1.29 is 24.2 Å². The van der Waals surface area contributed by atoms with Crippen LogP contribution < -0.4 is 11.1 Å². The van der Waals surface area contributed by atoms with E-state index in [-0.39, 0.29) is 6.04 Å². The molecule has 0 aliphatic carbocycles. The van der Waals surface area contributed by atoms with Gasteiger partial charge in [-0.05, 0) is 6.42 Å². The molecule has 1 aliphatic rings. The van der Waals surface area contributed by atoms with E-state index in [2.05, 4.69) is 5.32 Å². The van der Waals surface area contributed by atoms with Crippen LogP contribution in [-0.2, 0) is 14.3 Å². The Kier molecular flexibility index (Phi) is 4.90. The number of nitrogens with two attached hydrogens (primary N) is 1. The van der Waals surface area contributed by atoms with Gasteiger partial charge in [0.05, 0.1) is 19.1 Å². The minimum atomic E-state index is -1.31. The van der Waals surface area contributed by atoms with Gasteiger partial charge >= 0.3 is 12.0 Å². The van der Waals surface area contributed by atoms with Crippen LogP contribution in [0.1, 0.15) is 12.8 Å². The third kappa shape index (κ3) is 3.88. The third-order valence-corrected chi connectivity index (χ3v) is 2.77. The average Bonchev–Trinajstić information content (AvgIpc) is 2.79. The first kappa shape index (κ1) is 14.2. The molecule has 1 aliphatic heterocycles. The number of primary amides is 1. The van der Waals surface area contributed by atoms with E-state index in [1.807, 2.05) is 0 Å². The summed E-state index contributed by atoms with van der Waals surface area (Å²) in [6, 6.07) is -1.94. The van der Waals surface area contributed by atoms with E-state index in [0.29, 0.717) is 19.6 Å². The van der Waals surface area contributed by atoms with Crippen LogP contribution in [0.4, 0.5) is 4.79 Å². The number of aliphatic carboxylic acids is 1. The number of nitrogens with zero attached hydrogens (tertiary/aromatic N) is 1. The molecule has 1 rings (SSSR count). The molecule has 3 amide bonds. The molecular formula is C10H17N3O5. The van der Waals surface area contributed by atoms with Crippen molar-refractivity contribution in [3.63, 3.8) is 0 Å². The maximum Gasteiger partial charge on any atom is 0.326 e. The predicted octanol–water partition coefficient (Wildman–Crippen LogP) is -1.25. The number of ether oxygens (including phenoxy) is 1. The molecule has 8 nitrogen and oxygen atoms in total. The van der Waals surface area contributed by atoms with E-state index in [4.69, 9.17) is 15.6 Å². The number of carboxylic acids is 1. The highest BCUT2D eigenvalue weighted by molar-refractivity contribution is 5.87. The second-order valence-electron chi connectivity index (χ2n) is 4.14. The first-order valence-corrected chi connectivity index (χ1v) is 5.54. The summed E-state index contributed by atoms with van der Waals surface area (Å²) >= 11 is 0. The SMILES string of the molecule is CN(C(=O)N[C@@H](CC(N)=O)C(=O)O)C1CCOC1. The van der Waals surface area contributed by atoms with E-state index in [9.17, 15) is 14.4 Å². The number of carboxylic acid groups (broad SMARTS) is 1. The zero-order valence-electron chi connectivity index (χ0n) is 10.1. The van der Waals surface area contributed by atoms with Gasteiger partial charge in [0.2, 0.25) is 5.91 Å². The molecule has 0 spiro atoms. The Hall–Kier alpha value is -1.83. The van der Waals surface area contributed by atoms with E-state index in [1.54, 1.807) is 7.05 Å². The van der Waals surface area contributed by atoms with Gasteiger partial charge in [0.15, 0.2) is 0 Å². The molecule has 8 heteroatoms. The summed E-state index contributed by atoms with van der Waals surface area (Å²) in [5.41, 5.74) is 4.92. The van der Waals surface area contributed by atoms with E-state index in [1.165, 1.54) is 4.90 Å². The molecule has 102 valence electrons. The van der Waals surface area contributed by atoms with Crippen molar-refractivity contribution in [1.82, 2.24) is 10.2 Å². The summed E-state index contributed by atoms with van der Waals surface area (Å²) in [5, 5.41) is 11.1. The molecule has 0 aromatic carbocycles. The lowest BCUT2D eigenvalue weighted by atomic mass is 10.2. The Morgan fingerprint density at radius 1 is 1.56 bits per heavy atom. The van der Waals surface area contributed by atoms with Crippen LogP contribution in [0.15, 0.2) is 0 Å². The molecule has 1 fully saturated rings. The van der Waals surface area contributed by atoms with E-state index in [0.717, 1.165) is 0 Å². The molecule has 1 heterocycles. The van der Waals surface area contributed by atoms with Crippen LogP contribution in [-0.4, -0.2) is 60.3 Å². The summed E-state index contributed by atoms with van der Waals surface area (Å²) in [7, 11) is 1.55. The van der Waals surface area contributed by atoms with Crippen LogP contribution in [0.25, 0.3) is 0 Å². The van der Waals surface area contributed by atoms with Gasteiger partial charge in [-0.25, -0.2) is 9.59 Å². The fraction of sp³-hybridized carbons (Fsp3) is 0.700. The quantitative estimate of drug-likeness (QED) is 0.569. The number of hydrogen-bond acceptors (Lipinski definition) is 4. The summed E-state index contributed by atoms with van der Waals surface area (Å²) in [6.45, 7) is 1.00. The molecule has 1 unspecified atom stereocenters. The normalized spacial score (nSPS) is 20.2. The number of carbonyl (C=O) groups excluding carboxylic acids is 2. The van der Waals surface area contributed by atoms with Gasteiger partial charge in [-0.2, -0.15) is 0 Å². The maximum atomic E-state index is 11.8. The number of nitrogens with one attached hydrogen (secondary N) is 1. The average molecular weight is 259 g/mol. The molecule has 18 heavy (non-hydrogen) atoms. The van der Waals surface area contributed by atoms with Gasteiger partial charge in [-0.1, -0.05) is 0 Å². The fourth-order valence-corrected chi connectivity index (χ4v) is 1.65. The van der Waals surface area contributed by atoms with Crippen molar-refractivity contribution in [1.29, 1.82) is 0 Å². The number of amides is 3. The van der Waals surface area contributed by atoms with Crippen molar-refractivity contribution in [3.05, 3.63) is 0 Å². The van der Waals surface area contributed by atoms with Gasteiger partial charge < -0.3 is 25.8 Å². The fourth-order valence-electron chi connectivity index (χ4n) is 1.65. The van der Waals surface area contributed by atoms with Crippen LogP contribution in [0.2, 0.25) is 0 Å². The molecule has 0 bridgehead atoms. The predicted molar refractivity (Wildman–Crippen MR) is 60.8 cm³/mol. The number of rotatable bonds is 5. The van der Waals surface area contributed by atoms with Crippen molar-refractivity contribution in [2.45, 2.75) is 24.9 Å². The Bertz CT molecular complexity index is 340. The minimum Gasteiger partial charge on any atom is -0.480 e. The summed E-state index contributed by atoms with van der Waals surface area (Å²) in [5.74, 6) is -2.08. The zero-order valence-corrected chi connectivity index (χ0v) is 10.1. The molecule has 2 atom stereocenters. The van der Waals surface area contributed by atoms with E-state index >= 15 is 0 Å². The molecule has 0 radical (unpaired) electrons. The first-order valence-electron chi connectivity index (χ1n) is 5.54. The highest BCUT2D eigenvalue weighted by atomic mass is 16.5. The third-order valence-electron chi connectivity index (χ3n) is 2.77. The largest absolute Gasteiger partial charge is 0.480 e. The first-order chi connectivity index (χ1) is 8.41. The van der Waals surface area contributed by atoms with Crippen molar-refractivity contribution in [2.24, 2.45) is 5.73 Å². The smallest absolute Gasteiger partial charge is 0.326 e. The van der Waals surface area contributed by atoms with Gasteiger partial charge in [0.1, 0.15) is 6.04 Å². The highest BCUT2D eigenvalue weighted by Gasteiger charge is 2.28. The lowest BCUT2D eigenvalue weighted by Crippen LogP contribution is -2.51. The lowest BCUT2D eigenvalue weighted by Gasteiger charge is -2.25. The van der Waals surface area contributed by atoms with Crippen LogP contribution in [0.5, 0.6) is 0 Å². The van der Waals surface area contributed by atoms with Crippen molar-refractivity contribution >= 4 is 17.9 Å². The number of carbonyl (C=O) groups is 3. The molecule has 4 N–H and O–H groups in total. The second kappa shape index (κ2) is 6.20. The minimum absolute atomic E-state index is 0.0759. The highest BCUT2D eigenvalue weighted by Crippen LogP contribution is 2.10. The van der Waals surface area contributed by atoms with Gasteiger partial charge in [0.25, 0.3) is 0 Å². The number of likely N-dealkylation sites (N-methyl/N-ethyl adjacent to an activating group) is 1. The van der Waals surface area contributed by atoms with E-state index < -0.39 is 30.4 Å². The molecule has 0 saturated carbocycles. The summed E-state index contributed by atoms with van der Waals surface area (Å²) in [6.07, 6.45) is 0.271. The summed E-state index contributed by atoms with van der Waals surface area (Å²) < 4.78 is 5.13. The lowest BCUT2D eigenvalue weighted by molar-refractivity contribution is -0.141. The molecule has 0 aromatic heterocycles. The second-order valence-corrected chi connectivity index (χ2v) is 4.14. The monoisotopic (exact) mass is 259 g/mol. The van der Waals surface area contributed by atoms with Crippen molar-refractivity contribution in [3.8, 4) is 0 Å². The molecule has 1 saturated heterocycles. The van der Waals surface area contributed by atoms with Gasteiger partial charge in [-0.3, -0.25) is 4.79 Å². The number of hydrogen-bond donors (Lipinski definition) is 3. The zero-order chi connectivity index (χ0) is 13.7. The van der Waals surface area contributed by atoms with Crippen LogP contribution in [0.3, 0.4) is 0 Å². The Balaban J connectivity index is 2.54. The molecular weight excluding hydrogens is 242 g/mol. The van der Waals surface area contributed by atoms with Gasteiger partial charge in [0, 0.05) is 13.7 Å². The van der Waals surface area contributed by atoms with Gasteiger partial charge in [-0.15, -0.1) is 0 Å². The standard InChI is InChI=1S/C10H17N3O5/c1-13(6-2-3-18-5-6)10(17)12-7(9(15)16)4-8(11)14/h6-7H,2-5H2,1H3,(H2,11,14)(H,12,17)(H,15,16)/t6?,7-/m0/s1. The topological polar surface area (TPSA) is 122 Å². The Labute approximate surface area is 104 Å². The Morgan fingerprint density at radius 3 is 2.67 bits per heavy atom. The van der Waals surface area contributed by atoms with Crippen molar-refractivity contribution in [2.75, 3.05) is 20.3 Å². The van der Waals surface area contributed by atoms with Crippen LogP contribution >= 0.6 is 0 Å². The number of urea groups is 1. The summed E-state index contributed by atoms with van der Waals surface area (Å²) in [4.78, 5) is 34.7. The van der Waals surface area contributed by atoms with Crippen LogP contribution in [0, 0.1) is 0 Å². The maximum absolute atomic E-state index is 11.8. The Morgan fingerprint density at radius 2 is 2.22 bits per heavy atom.